The molecule has 2 rings (SSSR count). The van der Waals surface area contributed by atoms with E-state index in [9.17, 15) is 0 Å². The molecule has 1 fully saturated rings. The lowest BCUT2D eigenvalue weighted by Gasteiger charge is -2.14. The Balaban J connectivity index is 2.17. The van der Waals surface area contributed by atoms with Gasteiger partial charge in [0.1, 0.15) is 0 Å². The average molecular weight is 181 g/mol. The van der Waals surface area contributed by atoms with E-state index in [4.69, 9.17) is 11.6 Å². The number of halogens is 1. The maximum Gasteiger partial charge on any atom is 0.174 e. The third-order valence-corrected chi connectivity index (χ3v) is 2.06. The van der Waals surface area contributed by atoms with Gasteiger partial charge in [0.2, 0.25) is 0 Å². The van der Waals surface area contributed by atoms with Crippen LogP contribution in [0.25, 0.3) is 0 Å². The summed E-state index contributed by atoms with van der Waals surface area (Å²) in [4.78, 5) is 2.04. The van der Waals surface area contributed by atoms with Gasteiger partial charge in [0.05, 0.1) is 0 Å². The molecule has 1 saturated heterocycles. The van der Waals surface area contributed by atoms with E-state index in [2.05, 4.69) is 12.0 Å². The first kappa shape index (κ1) is 7.90. The predicted octanol–water partition coefficient (Wildman–Crippen LogP) is 1.75. The highest BCUT2D eigenvalue weighted by molar-refractivity contribution is 6.30. The van der Waals surface area contributed by atoms with Crippen LogP contribution in [0.4, 0.5) is 5.69 Å². The number of hydrogen-bond donors (Lipinski definition) is 1. The van der Waals surface area contributed by atoms with Crippen molar-refractivity contribution in [1.29, 1.82) is 0 Å². The van der Waals surface area contributed by atoms with Crippen LogP contribution in [0.2, 0.25) is 5.02 Å². The minimum Gasteiger partial charge on any atom is -0.345 e. The number of hydrogen-bond acceptors (Lipinski definition) is 2. The van der Waals surface area contributed by atoms with Crippen LogP contribution >= 0.6 is 11.6 Å². The number of anilines is 1. The minimum atomic E-state index is 0.769. The Morgan fingerprint density at radius 3 is 2.67 bits per heavy atom. The maximum atomic E-state index is 5.76. The van der Waals surface area contributed by atoms with Gasteiger partial charge in [-0.25, -0.2) is 0 Å². The van der Waals surface area contributed by atoms with Crippen LogP contribution < -0.4 is 10.2 Å². The molecule has 1 aromatic rings. The zero-order valence-electron chi connectivity index (χ0n) is 6.55. The van der Waals surface area contributed by atoms with E-state index >= 15 is 0 Å². The minimum absolute atomic E-state index is 0.769. The van der Waals surface area contributed by atoms with Gasteiger partial charge in [-0.3, -0.25) is 5.32 Å². The topological polar surface area (TPSA) is 15.3 Å². The smallest absolute Gasteiger partial charge is 0.174 e. The van der Waals surface area contributed by atoms with Crippen LogP contribution in [-0.4, -0.2) is 13.1 Å². The molecule has 1 aliphatic heterocycles. The zero-order chi connectivity index (χ0) is 8.39. The third kappa shape index (κ3) is 1.54. The largest absolute Gasteiger partial charge is 0.345 e. The van der Waals surface area contributed by atoms with Gasteiger partial charge < -0.3 is 4.90 Å². The molecule has 1 N–H and O–H groups in total. The number of nitrogens with one attached hydrogen (secondary N) is 1. The van der Waals surface area contributed by atoms with Crippen LogP contribution in [0.3, 0.4) is 0 Å². The molecule has 1 aromatic carbocycles. The summed E-state index contributed by atoms with van der Waals surface area (Å²) >= 11 is 5.76. The van der Waals surface area contributed by atoms with Crippen molar-refractivity contribution in [3.63, 3.8) is 0 Å². The van der Waals surface area contributed by atoms with E-state index in [0.29, 0.717) is 0 Å². The van der Waals surface area contributed by atoms with Gasteiger partial charge in [0.15, 0.2) is 6.67 Å². The summed E-state index contributed by atoms with van der Waals surface area (Å²) in [5.41, 5.74) is 1.13. The highest BCUT2D eigenvalue weighted by Gasteiger charge is 2.12. The molecule has 0 saturated carbocycles. The molecule has 0 atom stereocenters. The standard InChI is InChI=1S/C9H9ClN2/c10-8-1-3-9(4-2-8)12-6-5-11-7-12/h1-4,11H,5-6H2. The van der Waals surface area contributed by atoms with E-state index in [1.807, 2.05) is 29.2 Å². The molecule has 0 spiro atoms. The molecule has 2 nitrogen and oxygen atoms in total. The lowest BCUT2D eigenvalue weighted by atomic mass is 10.3. The molecule has 0 aromatic heterocycles. The molecule has 2 radical (unpaired) electrons. The molecule has 0 aliphatic carbocycles. The quantitative estimate of drug-likeness (QED) is 0.709. The Morgan fingerprint density at radius 2 is 2.08 bits per heavy atom. The summed E-state index contributed by atoms with van der Waals surface area (Å²) < 4.78 is 0. The van der Waals surface area contributed by atoms with Crippen molar-refractivity contribution in [2.75, 3.05) is 18.0 Å². The van der Waals surface area contributed by atoms with Gasteiger partial charge in [-0.05, 0) is 24.3 Å². The Bertz CT molecular complexity index is 252. The van der Waals surface area contributed by atoms with E-state index in [1.54, 1.807) is 0 Å². The van der Waals surface area contributed by atoms with E-state index in [-0.39, 0.29) is 0 Å². The maximum absolute atomic E-state index is 5.76. The van der Waals surface area contributed by atoms with Gasteiger partial charge in [-0.2, -0.15) is 0 Å². The normalized spacial score (nSPS) is 16.9. The van der Waals surface area contributed by atoms with Gasteiger partial charge in [0, 0.05) is 23.8 Å². The second-order valence-corrected chi connectivity index (χ2v) is 3.10. The summed E-state index contributed by atoms with van der Waals surface area (Å²) in [6, 6.07) is 7.75. The number of benzene rings is 1. The molecule has 1 aliphatic rings. The SMILES string of the molecule is Clc1ccc(N2[C]NCC2)cc1. The second-order valence-electron chi connectivity index (χ2n) is 2.67. The van der Waals surface area contributed by atoms with Crippen molar-refractivity contribution in [2.24, 2.45) is 0 Å². The third-order valence-electron chi connectivity index (χ3n) is 1.81. The molecule has 0 unspecified atom stereocenters. The zero-order valence-corrected chi connectivity index (χ0v) is 7.30. The number of rotatable bonds is 1. The average Bonchev–Trinajstić information content (AvgIpc) is 2.58. The Morgan fingerprint density at radius 1 is 1.33 bits per heavy atom. The summed E-state index contributed by atoms with van der Waals surface area (Å²) in [5, 5.41) is 3.80. The Kier molecular flexibility index (Phi) is 2.19. The summed E-state index contributed by atoms with van der Waals surface area (Å²) in [6.07, 6.45) is 0. The van der Waals surface area contributed by atoms with Gasteiger partial charge >= 0.3 is 0 Å². The van der Waals surface area contributed by atoms with Crippen molar-refractivity contribution in [2.45, 2.75) is 0 Å². The van der Waals surface area contributed by atoms with Crippen molar-refractivity contribution in [1.82, 2.24) is 5.32 Å². The summed E-state index contributed by atoms with van der Waals surface area (Å²) in [7, 11) is 0. The van der Waals surface area contributed by atoms with E-state index < -0.39 is 0 Å². The van der Waals surface area contributed by atoms with Crippen molar-refractivity contribution < 1.29 is 0 Å². The summed E-state index contributed by atoms with van der Waals surface area (Å²) in [5.74, 6) is 0. The van der Waals surface area contributed by atoms with Crippen LogP contribution in [-0.2, 0) is 0 Å². The molecule has 1 heterocycles. The fourth-order valence-corrected chi connectivity index (χ4v) is 1.32. The van der Waals surface area contributed by atoms with Crippen LogP contribution in [0, 0.1) is 6.67 Å². The van der Waals surface area contributed by atoms with E-state index in [1.165, 1.54) is 0 Å². The lowest BCUT2D eigenvalue weighted by Crippen LogP contribution is -2.15. The van der Waals surface area contributed by atoms with Gasteiger partial charge in [-0.1, -0.05) is 11.6 Å². The Labute approximate surface area is 77.1 Å². The van der Waals surface area contributed by atoms with Gasteiger partial charge in [0.25, 0.3) is 0 Å². The van der Waals surface area contributed by atoms with E-state index in [0.717, 1.165) is 23.8 Å². The fourth-order valence-electron chi connectivity index (χ4n) is 1.19. The Hall–Kier alpha value is -0.730. The van der Waals surface area contributed by atoms with Crippen molar-refractivity contribution in [3.05, 3.63) is 36.0 Å². The van der Waals surface area contributed by atoms with Crippen molar-refractivity contribution >= 4 is 17.3 Å². The van der Waals surface area contributed by atoms with Crippen LogP contribution in [0.5, 0.6) is 0 Å². The first-order valence-corrected chi connectivity index (χ1v) is 4.26. The molecule has 12 heavy (non-hydrogen) atoms. The summed E-state index contributed by atoms with van der Waals surface area (Å²) in [6.45, 7) is 4.97. The van der Waals surface area contributed by atoms with Gasteiger partial charge in [-0.15, -0.1) is 0 Å². The van der Waals surface area contributed by atoms with Crippen LogP contribution in [0.15, 0.2) is 24.3 Å². The molecule has 3 heteroatoms. The fraction of sp³-hybridized carbons (Fsp3) is 0.222. The monoisotopic (exact) mass is 180 g/mol. The molecular formula is C9H9ClN2. The molecule has 0 amide bonds. The highest BCUT2D eigenvalue weighted by Crippen LogP contribution is 2.19. The lowest BCUT2D eigenvalue weighted by molar-refractivity contribution is 0.944. The van der Waals surface area contributed by atoms with Crippen molar-refractivity contribution in [3.8, 4) is 0 Å². The van der Waals surface area contributed by atoms with Crippen LogP contribution in [0.1, 0.15) is 0 Å². The first-order chi connectivity index (χ1) is 5.86. The molecule has 62 valence electrons. The molecule has 0 bridgehead atoms. The highest BCUT2D eigenvalue weighted by atomic mass is 35.5. The predicted molar refractivity (Wildman–Crippen MR) is 50.0 cm³/mol. The number of nitrogens with zero attached hydrogens (tertiary/aromatic N) is 1. The second kappa shape index (κ2) is 3.33. The first-order valence-electron chi connectivity index (χ1n) is 3.88. The molecular weight excluding hydrogens is 172 g/mol.